The Morgan fingerprint density at radius 1 is 1.58 bits per heavy atom. The number of pyridine rings is 1. The smallest absolute Gasteiger partial charge is 0.215 e. The van der Waals surface area contributed by atoms with Gasteiger partial charge in [0.05, 0.1) is 7.11 Å². The SMILES string of the molecule is COc1ncc(CCN)cc1C. The van der Waals surface area contributed by atoms with Gasteiger partial charge >= 0.3 is 0 Å². The minimum absolute atomic E-state index is 0.660. The molecule has 1 heterocycles. The topological polar surface area (TPSA) is 48.1 Å². The molecular weight excluding hydrogens is 152 g/mol. The Hall–Kier alpha value is -1.09. The summed E-state index contributed by atoms with van der Waals surface area (Å²) in [4.78, 5) is 4.14. The van der Waals surface area contributed by atoms with Crippen LogP contribution in [0.5, 0.6) is 5.88 Å². The van der Waals surface area contributed by atoms with Crippen molar-refractivity contribution in [3.05, 3.63) is 23.4 Å². The van der Waals surface area contributed by atoms with Crippen LogP contribution in [0.4, 0.5) is 0 Å². The predicted octanol–water partition coefficient (Wildman–Crippen LogP) is 0.900. The molecule has 0 saturated carbocycles. The lowest BCUT2D eigenvalue weighted by Gasteiger charge is -2.04. The van der Waals surface area contributed by atoms with E-state index in [4.69, 9.17) is 10.5 Å². The standard InChI is InChI=1S/C9H14N2O/c1-7-5-8(3-4-10)6-11-9(7)12-2/h5-6H,3-4,10H2,1-2H3. The molecule has 0 unspecified atom stereocenters. The van der Waals surface area contributed by atoms with Gasteiger partial charge in [-0.15, -0.1) is 0 Å². The summed E-state index contributed by atoms with van der Waals surface area (Å²) >= 11 is 0. The van der Waals surface area contributed by atoms with Crippen LogP contribution in [0.15, 0.2) is 12.3 Å². The van der Waals surface area contributed by atoms with E-state index in [9.17, 15) is 0 Å². The summed E-state index contributed by atoms with van der Waals surface area (Å²) in [6.45, 7) is 2.64. The maximum atomic E-state index is 5.42. The summed E-state index contributed by atoms with van der Waals surface area (Å²) in [5.41, 5.74) is 7.64. The molecule has 2 N–H and O–H groups in total. The summed E-state index contributed by atoms with van der Waals surface area (Å²) in [5.74, 6) is 0.691. The van der Waals surface area contributed by atoms with E-state index >= 15 is 0 Å². The molecule has 0 saturated heterocycles. The minimum atomic E-state index is 0.660. The number of hydrogen-bond acceptors (Lipinski definition) is 3. The third-order valence-corrected chi connectivity index (χ3v) is 1.71. The highest BCUT2D eigenvalue weighted by Crippen LogP contribution is 2.14. The van der Waals surface area contributed by atoms with Crippen molar-refractivity contribution < 1.29 is 4.74 Å². The Bertz CT molecular complexity index is 261. The molecule has 12 heavy (non-hydrogen) atoms. The van der Waals surface area contributed by atoms with E-state index in [0.29, 0.717) is 12.4 Å². The number of nitrogens with two attached hydrogens (primary N) is 1. The van der Waals surface area contributed by atoms with Gasteiger partial charge in [0.25, 0.3) is 0 Å². The third kappa shape index (κ3) is 1.95. The first-order valence-corrected chi connectivity index (χ1v) is 3.97. The molecular formula is C9H14N2O. The molecule has 0 spiro atoms. The van der Waals surface area contributed by atoms with Crippen molar-refractivity contribution >= 4 is 0 Å². The normalized spacial score (nSPS) is 9.92. The maximum absolute atomic E-state index is 5.42. The predicted molar refractivity (Wildman–Crippen MR) is 48.3 cm³/mol. The van der Waals surface area contributed by atoms with Gasteiger partial charge in [-0.1, -0.05) is 0 Å². The summed E-state index contributed by atoms with van der Waals surface area (Å²) in [6, 6.07) is 2.05. The fourth-order valence-electron chi connectivity index (χ4n) is 1.14. The molecule has 0 aliphatic heterocycles. The van der Waals surface area contributed by atoms with E-state index in [1.807, 2.05) is 6.92 Å². The van der Waals surface area contributed by atoms with Crippen molar-refractivity contribution in [1.82, 2.24) is 4.98 Å². The monoisotopic (exact) mass is 166 g/mol. The first kappa shape index (κ1) is 9.00. The highest BCUT2D eigenvalue weighted by atomic mass is 16.5. The first-order valence-electron chi connectivity index (χ1n) is 3.97. The van der Waals surface area contributed by atoms with Crippen molar-refractivity contribution in [2.75, 3.05) is 13.7 Å². The van der Waals surface area contributed by atoms with E-state index in [0.717, 1.165) is 17.5 Å². The third-order valence-electron chi connectivity index (χ3n) is 1.71. The van der Waals surface area contributed by atoms with Crippen LogP contribution in [0.2, 0.25) is 0 Å². The van der Waals surface area contributed by atoms with Crippen LogP contribution < -0.4 is 10.5 Å². The molecule has 1 aromatic rings. The maximum Gasteiger partial charge on any atom is 0.215 e. The van der Waals surface area contributed by atoms with Gasteiger partial charge in [0, 0.05) is 11.8 Å². The number of aryl methyl sites for hydroxylation is 1. The first-order chi connectivity index (χ1) is 5.77. The van der Waals surface area contributed by atoms with Gasteiger partial charge in [-0.25, -0.2) is 4.98 Å². The Morgan fingerprint density at radius 2 is 2.33 bits per heavy atom. The molecule has 0 bridgehead atoms. The zero-order chi connectivity index (χ0) is 8.97. The Morgan fingerprint density at radius 3 is 2.83 bits per heavy atom. The highest BCUT2D eigenvalue weighted by Gasteiger charge is 1.99. The van der Waals surface area contributed by atoms with Crippen LogP contribution >= 0.6 is 0 Å². The van der Waals surface area contributed by atoms with E-state index in [1.54, 1.807) is 13.3 Å². The minimum Gasteiger partial charge on any atom is -0.481 e. The summed E-state index contributed by atoms with van der Waals surface area (Å²) in [6.07, 6.45) is 2.68. The van der Waals surface area contributed by atoms with Crippen molar-refractivity contribution in [2.45, 2.75) is 13.3 Å². The van der Waals surface area contributed by atoms with Crippen LogP contribution in [0.3, 0.4) is 0 Å². The van der Waals surface area contributed by atoms with Gasteiger partial charge in [0.2, 0.25) is 5.88 Å². The second kappa shape index (κ2) is 4.07. The van der Waals surface area contributed by atoms with Gasteiger partial charge < -0.3 is 10.5 Å². The van der Waals surface area contributed by atoms with Crippen LogP contribution in [-0.2, 0) is 6.42 Å². The van der Waals surface area contributed by atoms with E-state index in [-0.39, 0.29) is 0 Å². The molecule has 3 heteroatoms. The molecule has 1 rings (SSSR count). The summed E-state index contributed by atoms with van der Waals surface area (Å²) in [7, 11) is 1.62. The zero-order valence-electron chi connectivity index (χ0n) is 7.50. The molecule has 0 amide bonds. The molecule has 0 aliphatic carbocycles. The van der Waals surface area contributed by atoms with E-state index in [1.165, 1.54) is 0 Å². The molecule has 0 fully saturated rings. The zero-order valence-corrected chi connectivity index (χ0v) is 7.50. The molecule has 0 aliphatic rings. The van der Waals surface area contributed by atoms with Crippen LogP contribution in [-0.4, -0.2) is 18.6 Å². The number of ether oxygens (including phenoxy) is 1. The summed E-state index contributed by atoms with van der Waals surface area (Å²) < 4.78 is 5.04. The lowest BCUT2D eigenvalue weighted by Crippen LogP contribution is -2.03. The average Bonchev–Trinajstić information content (AvgIpc) is 2.05. The summed E-state index contributed by atoms with van der Waals surface area (Å²) in [5, 5.41) is 0. The molecule has 66 valence electrons. The van der Waals surface area contributed by atoms with Gasteiger partial charge in [-0.3, -0.25) is 0 Å². The van der Waals surface area contributed by atoms with Crippen molar-refractivity contribution in [3.8, 4) is 5.88 Å². The van der Waals surface area contributed by atoms with Crippen molar-refractivity contribution in [3.63, 3.8) is 0 Å². The van der Waals surface area contributed by atoms with Gasteiger partial charge in [0.1, 0.15) is 0 Å². The highest BCUT2D eigenvalue weighted by molar-refractivity contribution is 5.28. The Kier molecular flexibility index (Phi) is 3.05. The second-order valence-corrected chi connectivity index (χ2v) is 2.71. The van der Waals surface area contributed by atoms with Crippen LogP contribution in [0.1, 0.15) is 11.1 Å². The Labute approximate surface area is 72.6 Å². The van der Waals surface area contributed by atoms with E-state index < -0.39 is 0 Å². The molecule has 1 aromatic heterocycles. The number of hydrogen-bond donors (Lipinski definition) is 1. The average molecular weight is 166 g/mol. The van der Waals surface area contributed by atoms with Gasteiger partial charge in [0.15, 0.2) is 0 Å². The largest absolute Gasteiger partial charge is 0.481 e. The number of aromatic nitrogens is 1. The number of nitrogens with zero attached hydrogens (tertiary/aromatic N) is 1. The van der Waals surface area contributed by atoms with Gasteiger partial charge in [-0.2, -0.15) is 0 Å². The van der Waals surface area contributed by atoms with Crippen LogP contribution in [0, 0.1) is 6.92 Å². The lowest BCUT2D eigenvalue weighted by atomic mass is 10.1. The molecule has 0 atom stereocenters. The van der Waals surface area contributed by atoms with Crippen molar-refractivity contribution in [2.24, 2.45) is 5.73 Å². The van der Waals surface area contributed by atoms with Gasteiger partial charge in [-0.05, 0) is 31.5 Å². The lowest BCUT2D eigenvalue weighted by molar-refractivity contribution is 0.394. The van der Waals surface area contributed by atoms with Crippen molar-refractivity contribution in [1.29, 1.82) is 0 Å². The molecule has 0 radical (unpaired) electrons. The quantitative estimate of drug-likeness (QED) is 0.725. The number of methoxy groups -OCH3 is 1. The Balaban J connectivity index is 2.86. The van der Waals surface area contributed by atoms with E-state index in [2.05, 4.69) is 11.1 Å². The second-order valence-electron chi connectivity index (χ2n) is 2.71. The fourth-order valence-corrected chi connectivity index (χ4v) is 1.14. The number of rotatable bonds is 3. The molecule has 3 nitrogen and oxygen atoms in total. The fraction of sp³-hybridized carbons (Fsp3) is 0.444. The van der Waals surface area contributed by atoms with Crippen LogP contribution in [0.25, 0.3) is 0 Å². The molecule has 0 aromatic carbocycles.